The van der Waals surface area contributed by atoms with E-state index < -0.39 is 11.8 Å². The van der Waals surface area contributed by atoms with Crippen LogP contribution >= 0.6 is 0 Å². The first-order chi connectivity index (χ1) is 21.5. The van der Waals surface area contributed by atoms with Gasteiger partial charge < -0.3 is 0 Å². The minimum Gasteiger partial charge on any atom is -0.266 e. The highest BCUT2D eigenvalue weighted by Gasteiger charge is 2.12. The number of carbonyl (C=O) groups is 2. The molecule has 44 heavy (non-hydrogen) atoms. The van der Waals surface area contributed by atoms with Crippen LogP contribution in [0.2, 0.25) is 0 Å². The molecule has 6 rings (SSSR count). The summed E-state index contributed by atoms with van der Waals surface area (Å²) in [6.45, 7) is 5.94. The van der Waals surface area contributed by atoms with Crippen molar-refractivity contribution in [2.24, 2.45) is 10.2 Å². The Morgan fingerprint density at radius 2 is 1.14 bits per heavy atom. The van der Waals surface area contributed by atoms with Crippen LogP contribution in [0.3, 0.4) is 0 Å². The molecule has 4 heterocycles. The highest BCUT2D eigenvalue weighted by atomic mass is 16.2. The molecule has 0 fully saturated rings. The van der Waals surface area contributed by atoms with Crippen LogP contribution in [-0.2, 0) is 13.1 Å². The number of amides is 2. The lowest BCUT2D eigenvalue weighted by Crippen LogP contribution is -2.32. The summed E-state index contributed by atoms with van der Waals surface area (Å²) in [5, 5.41) is 11.1. The highest BCUT2D eigenvalue weighted by molar-refractivity contribution is 5.97. The predicted molar refractivity (Wildman–Crippen MR) is 169 cm³/mol. The summed E-state index contributed by atoms with van der Waals surface area (Å²) in [7, 11) is 0. The molecule has 4 aromatic heterocycles. The Bertz CT molecular complexity index is 1960. The third-order valence-electron chi connectivity index (χ3n) is 7.26. The molecule has 0 aliphatic carbocycles. The Hall–Kier alpha value is -5.90. The van der Waals surface area contributed by atoms with E-state index in [0.29, 0.717) is 5.39 Å². The van der Waals surface area contributed by atoms with Crippen LogP contribution < -0.4 is 20.0 Å². The van der Waals surface area contributed by atoms with Crippen molar-refractivity contribution in [3.05, 3.63) is 120 Å². The number of fused-ring (bicyclic) bond motifs is 3. The van der Waals surface area contributed by atoms with E-state index in [1.165, 1.54) is 0 Å². The predicted octanol–water partition coefficient (Wildman–Crippen LogP) is 4.08. The second kappa shape index (κ2) is 12.5. The molecule has 0 atom stereocenters. The molecule has 2 N–H and O–H groups in total. The molecule has 10 heteroatoms. The van der Waals surface area contributed by atoms with Gasteiger partial charge in [-0.25, -0.2) is 20.8 Å². The molecule has 6 aromatic rings. The quantitative estimate of drug-likeness (QED) is 0.160. The van der Waals surface area contributed by atoms with Gasteiger partial charge in [0, 0.05) is 40.4 Å². The van der Waals surface area contributed by atoms with Crippen LogP contribution in [0.1, 0.15) is 46.0 Å². The lowest BCUT2D eigenvalue weighted by molar-refractivity contribution is -0.668. The molecule has 0 saturated carbocycles. The maximum Gasteiger partial charge on any atom is 0.290 e. The number of aryl methyl sites for hydroxylation is 2. The average molecular weight is 583 g/mol. The number of hydrogen-bond acceptors (Lipinski definition) is 6. The molecular formula is C34H30N8O2+2. The second-order valence-electron chi connectivity index (χ2n) is 10.1. The average Bonchev–Trinajstić information content (AvgIpc) is 3.06. The topological polar surface area (TPSA) is 116 Å². The van der Waals surface area contributed by atoms with Gasteiger partial charge in [-0.05, 0) is 85.6 Å². The zero-order valence-corrected chi connectivity index (χ0v) is 24.3. The Balaban J connectivity index is 1.11. The van der Waals surface area contributed by atoms with Gasteiger partial charge in [0.15, 0.2) is 18.0 Å². The summed E-state index contributed by atoms with van der Waals surface area (Å²) in [4.78, 5) is 34.2. The Labute approximate surface area is 253 Å². The Morgan fingerprint density at radius 3 is 1.59 bits per heavy atom. The van der Waals surface area contributed by atoms with E-state index in [4.69, 9.17) is 0 Å². The van der Waals surface area contributed by atoms with E-state index in [1.807, 2.05) is 73.1 Å². The molecule has 10 nitrogen and oxygen atoms in total. The van der Waals surface area contributed by atoms with Crippen molar-refractivity contribution in [2.45, 2.75) is 26.9 Å². The number of aromatic nitrogens is 4. The monoisotopic (exact) mass is 582 g/mol. The van der Waals surface area contributed by atoms with Crippen molar-refractivity contribution in [3.63, 3.8) is 0 Å². The molecule has 0 radical (unpaired) electrons. The molecule has 0 aliphatic rings. The van der Waals surface area contributed by atoms with Gasteiger partial charge in [-0.1, -0.05) is 0 Å². The number of benzene rings is 2. The van der Waals surface area contributed by atoms with E-state index in [1.54, 1.807) is 36.7 Å². The molecule has 0 unspecified atom stereocenters. The van der Waals surface area contributed by atoms with Gasteiger partial charge in [0.05, 0.1) is 12.4 Å². The molecule has 0 aliphatic heterocycles. The number of carbonyl (C=O) groups excluding carboxylic acids is 2. The first-order valence-corrected chi connectivity index (χ1v) is 14.3. The fraction of sp³-hybridized carbons (Fsp3) is 0.118. The number of nitrogens with zero attached hydrogens (tertiary/aromatic N) is 6. The zero-order valence-electron chi connectivity index (χ0n) is 24.3. The lowest BCUT2D eigenvalue weighted by atomic mass is 10.1. The largest absolute Gasteiger partial charge is 0.290 e. The van der Waals surface area contributed by atoms with Gasteiger partial charge in [-0.15, -0.1) is 0 Å². The number of hydrazone groups is 2. The van der Waals surface area contributed by atoms with Crippen LogP contribution in [0.25, 0.3) is 32.8 Å². The minimum absolute atomic E-state index is 0.126. The van der Waals surface area contributed by atoms with Crippen molar-refractivity contribution in [1.82, 2.24) is 20.8 Å². The van der Waals surface area contributed by atoms with Gasteiger partial charge in [-0.3, -0.25) is 9.59 Å². The smallest absolute Gasteiger partial charge is 0.266 e. The summed E-state index contributed by atoms with van der Waals surface area (Å²) in [5.74, 6) is -0.984. The first kappa shape index (κ1) is 28.2. The van der Waals surface area contributed by atoms with Crippen LogP contribution in [0, 0.1) is 0 Å². The van der Waals surface area contributed by atoms with Crippen molar-refractivity contribution in [1.29, 1.82) is 0 Å². The lowest BCUT2D eigenvalue weighted by Gasteiger charge is -2.04. The summed E-state index contributed by atoms with van der Waals surface area (Å²) >= 11 is 0. The summed E-state index contributed by atoms with van der Waals surface area (Å²) in [6, 6.07) is 26.7. The van der Waals surface area contributed by atoms with Crippen LogP contribution in [-0.4, -0.2) is 34.2 Å². The highest BCUT2D eigenvalue weighted by Crippen LogP contribution is 2.14. The van der Waals surface area contributed by atoms with Crippen molar-refractivity contribution >= 4 is 57.1 Å². The summed E-state index contributed by atoms with van der Waals surface area (Å²) in [6.07, 6.45) is 7.25. The zero-order chi connectivity index (χ0) is 30.5. The van der Waals surface area contributed by atoms with E-state index in [0.717, 1.165) is 46.0 Å². The van der Waals surface area contributed by atoms with E-state index in [2.05, 4.69) is 54.0 Å². The SMILES string of the molecule is CC[n+]1cccc2cc(/C=N/NC(=O)c3ccc4ccc(C(=O)N/N=C/c5ccc6c(ccc[n+]6CC)c5)nc4n3)ccc21. The number of nitrogens with one attached hydrogen (secondary N) is 2. The summed E-state index contributed by atoms with van der Waals surface area (Å²) < 4.78 is 4.32. The Kier molecular flexibility index (Phi) is 8.04. The molecular weight excluding hydrogens is 552 g/mol. The van der Waals surface area contributed by atoms with Crippen molar-refractivity contribution in [3.8, 4) is 0 Å². The molecule has 0 spiro atoms. The van der Waals surface area contributed by atoms with Gasteiger partial charge in [0.2, 0.25) is 11.0 Å². The number of hydrogen-bond donors (Lipinski definition) is 2. The second-order valence-corrected chi connectivity index (χ2v) is 10.1. The molecule has 2 aromatic carbocycles. The number of rotatable bonds is 8. The fourth-order valence-corrected chi connectivity index (χ4v) is 5.01. The fourth-order valence-electron chi connectivity index (χ4n) is 5.01. The van der Waals surface area contributed by atoms with E-state index in [9.17, 15) is 9.59 Å². The minimum atomic E-state index is -0.492. The van der Waals surface area contributed by atoms with Crippen LogP contribution in [0.5, 0.6) is 0 Å². The van der Waals surface area contributed by atoms with E-state index >= 15 is 0 Å². The maximum atomic E-state index is 12.8. The molecule has 0 saturated heterocycles. The van der Waals surface area contributed by atoms with Crippen molar-refractivity contribution in [2.75, 3.05) is 0 Å². The third-order valence-corrected chi connectivity index (χ3v) is 7.26. The summed E-state index contributed by atoms with van der Waals surface area (Å²) in [5.41, 5.74) is 9.49. The van der Waals surface area contributed by atoms with Gasteiger partial charge in [-0.2, -0.15) is 19.3 Å². The van der Waals surface area contributed by atoms with E-state index in [-0.39, 0.29) is 17.0 Å². The third kappa shape index (κ3) is 6.00. The van der Waals surface area contributed by atoms with Crippen LogP contribution in [0.15, 0.2) is 108 Å². The number of pyridine rings is 4. The van der Waals surface area contributed by atoms with Crippen molar-refractivity contribution < 1.29 is 18.7 Å². The molecule has 2 amide bonds. The van der Waals surface area contributed by atoms with Gasteiger partial charge in [0.25, 0.3) is 11.8 Å². The molecule has 216 valence electrons. The first-order valence-electron chi connectivity index (χ1n) is 14.3. The van der Waals surface area contributed by atoms with Crippen LogP contribution in [0.4, 0.5) is 0 Å². The molecule has 0 bridgehead atoms. The maximum absolute atomic E-state index is 12.8. The standard InChI is InChI=1S/C34H28N8O2/c1-3-41-17-5-7-26-19-23(9-15-30(26)41)21-35-39-33(43)28-13-11-25-12-14-29(38-32(25)37-28)34(44)40-36-22-24-10-16-31-27(20-24)8-6-18-42(31)4-2/h5-22H,3-4H2,1-2H3/p+2/b35-21+,36-22+. The normalized spacial score (nSPS) is 11.6. The van der Waals surface area contributed by atoms with Gasteiger partial charge in [0.1, 0.15) is 24.5 Å². The Morgan fingerprint density at radius 1 is 0.659 bits per heavy atom. The van der Waals surface area contributed by atoms with Gasteiger partial charge >= 0.3 is 0 Å².